The number of carboxylic acid groups (broad SMARTS) is 1. The van der Waals surface area contributed by atoms with Crippen molar-refractivity contribution in [3.8, 4) is 0 Å². The summed E-state index contributed by atoms with van der Waals surface area (Å²) < 4.78 is 12.6. The first-order valence-corrected chi connectivity index (χ1v) is 4.13. The Morgan fingerprint density at radius 2 is 2.29 bits per heavy atom. The maximum Gasteiger partial charge on any atom is 0.332 e. The van der Waals surface area contributed by atoms with E-state index in [0.29, 0.717) is 5.56 Å². The molecule has 0 radical (unpaired) electrons. The average Bonchev–Trinajstić information content (AvgIpc) is 2.64. The molecule has 0 saturated carbocycles. The minimum atomic E-state index is -1.90. The molecular weight excluding hydrogens is 182 g/mol. The van der Waals surface area contributed by atoms with Gasteiger partial charge in [-0.1, -0.05) is 18.2 Å². The summed E-state index contributed by atoms with van der Waals surface area (Å²) in [6, 6.07) is 7.05. The van der Waals surface area contributed by atoms with Crippen LogP contribution in [0.15, 0.2) is 35.3 Å². The van der Waals surface area contributed by atoms with E-state index in [-0.39, 0.29) is 12.5 Å². The third-order valence-electron chi connectivity index (χ3n) is 1.85. The average molecular weight is 192 g/mol. The number of nitrogens with zero attached hydrogens (tertiary/aromatic N) is 1. The highest BCUT2D eigenvalue weighted by Crippen LogP contribution is 2.11. The second-order valence-corrected chi connectivity index (χ2v) is 2.82. The Bertz CT molecular complexity index is 418. The maximum absolute atomic E-state index is 10.7. The molecule has 72 valence electrons. The second-order valence-electron chi connectivity index (χ2n) is 2.82. The van der Waals surface area contributed by atoms with Crippen LogP contribution in [0.5, 0.6) is 0 Å². The number of carbonyl (C=O) groups is 1. The van der Waals surface area contributed by atoms with Crippen LogP contribution in [0.1, 0.15) is 6.93 Å². The molecule has 0 fully saturated rings. The fourth-order valence-corrected chi connectivity index (χ4v) is 1.16. The lowest BCUT2D eigenvalue weighted by Crippen LogP contribution is -2.18. The lowest BCUT2D eigenvalue weighted by molar-refractivity contribution is -0.138. The van der Waals surface area contributed by atoms with E-state index in [1.165, 1.54) is 0 Å². The summed E-state index contributed by atoms with van der Waals surface area (Å²) in [5.74, 6) is -1.08. The number of aliphatic carboxylic acids is 1. The van der Waals surface area contributed by atoms with Crippen LogP contribution in [0, 0.1) is 0 Å². The van der Waals surface area contributed by atoms with Gasteiger partial charge in [-0.3, -0.25) is 0 Å². The van der Waals surface area contributed by atoms with Gasteiger partial charge < -0.3 is 9.84 Å². The topological polar surface area (TPSA) is 58.9 Å². The standard InChI is InChI=1S/C10H9NO3/c12-10(13)8-6-14-9(11-8)7-4-2-1-3-5-7/h1-5,8H,6H2,(H,12,13)/t8-/m0/s1/i8D. The summed E-state index contributed by atoms with van der Waals surface area (Å²) in [6.07, 6.45) is 0. The Morgan fingerprint density at radius 1 is 1.57 bits per heavy atom. The van der Waals surface area contributed by atoms with Gasteiger partial charge in [-0.25, -0.2) is 9.79 Å². The van der Waals surface area contributed by atoms with Gasteiger partial charge in [0, 0.05) is 5.56 Å². The van der Waals surface area contributed by atoms with Crippen LogP contribution in [-0.2, 0) is 9.53 Å². The highest BCUT2D eigenvalue weighted by atomic mass is 16.5. The molecule has 0 aliphatic carbocycles. The number of aliphatic imine (C=N–C) groups is 1. The smallest absolute Gasteiger partial charge is 0.332 e. The zero-order chi connectivity index (χ0) is 10.9. The van der Waals surface area contributed by atoms with Crippen molar-refractivity contribution in [3.63, 3.8) is 0 Å². The van der Waals surface area contributed by atoms with Crippen LogP contribution in [-0.4, -0.2) is 29.6 Å². The number of carboxylic acids is 1. The lowest BCUT2D eigenvalue weighted by Gasteiger charge is -1.98. The van der Waals surface area contributed by atoms with Gasteiger partial charge in [0.25, 0.3) is 0 Å². The van der Waals surface area contributed by atoms with Crippen LogP contribution >= 0.6 is 0 Å². The summed E-state index contributed by atoms with van der Waals surface area (Å²) >= 11 is 0. The fraction of sp³-hybridized carbons (Fsp3) is 0.200. The lowest BCUT2D eigenvalue weighted by atomic mass is 10.2. The molecule has 0 aromatic heterocycles. The van der Waals surface area contributed by atoms with E-state index in [1.54, 1.807) is 24.3 Å². The summed E-state index contributed by atoms with van der Waals surface area (Å²) in [4.78, 5) is 14.5. The fourth-order valence-electron chi connectivity index (χ4n) is 1.16. The van der Waals surface area contributed by atoms with E-state index in [9.17, 15) is 4.79 Å². The van der Waals surface area contributed by atoms with Crippen LogP contribution in [0.3, 0.4) is 0 Å². The molecule has 4 heteroatoms. The van der Waals surface area contributed by atoms with Crippen molar-refractivity contribution in [1.29, 1.82) is 0 Å². The van der Waals surface area contributed by atoms with Gasteiger partial charge in [-0.05, 0) is 12.1 Å². The molecule has 0 spiro atoms. The Labute approximate surface area is 82.3 Å². The Morgan fingerprint density at radius 3 is 2.86 bits per heavy atom. The van der Waals surface area contributed by atoms with Gasteiger partial charge in [0.05, 0.1) is 1.37 Å². The number of ether oxygens (including phenoxy) is 1. The van der Waals surface area contributed by atoms with Gasteiger partial charge >= 0.3 is 5.97 Å². The van der Waals surface area contributed by atoms with Crippen molar-refractivity contribution < 1.29 is 16.0 Å². The zero-order valence-corrected chi connectivity index (χ0v) is 7.30. The predicted octanol–water partition coefficient (Wildman–Crippen LogP) is 0.917. The minimum Gasteiger partial charge on any atom is -0.480 e. The van der Waals surface area contributed by atoms with Crippen LogP contribution in [0.2, 0.25) is 0 Å². The molecule has 0 saturated heterocycles. The van der Waals surface area contributed by atoms with Gasteiger partial charge in [0.2, 0.25) is 5.90 Å². The van der Waals surface area contributed by atoms with Gasteiger partial charge in [-0.2, -0.15) is 0 Å². The monoisotopic (exact) mass is 192 g/mol. The number of hydrogen-bond acceptors (Lipinski definition) is 3. The Balaban J connectivity index is 2.32. The molecule has 1 N–H and O–H groups in total. The van der Waals surface area contributed by atoms with Gasteiger partial charge in [0.15, 0.2) is 6.02 Å². The highest BCUT2D eigenvalue weighted by molar-refractivity contribution is 5.97. The first-order valence-electron chi connectivity index (χ1n) is 4.63. The molecule has 1 aromatic rings. The maximum atomic E-state index is 10.7. The largest absolute Gasteiger partial charge is 0.480 e. The molecule has 0 amide bonds. The first kappa shape index (κ1) is 7.55. The van der Waals surface area contributed by atoms with Gasteiger partial charge in [0.1, 0.15) is 6.61 Å². The van der Waals surface area contributed by atoms with E-state index in [1.807, 2.05) is 6.07 Å². The van der Waals surface area contributed by atoms with Crippen molar-refractivity contribution in [1.82, 2.24) is 0 Å². The van der Waals surface area contributed by atoms with Crippen molar-refractivity contribution in [2.24, 2.45) is 4.99 Å². The Kier molecular flexibility index (Phi) is 1.88. The molecule has 1 heterocycles. The number of benzene rings is 1. The Hall–Kier alpha value is -1.84. The van der Waals surface area contributed by atoms with E-state index in [2.05, 4.69) is 4.99 Å². The predicted molar refractivity (Wildman–Crippen MR) is 50.4 cm³/mol. The highest BCUT2D eigenvalue weighted by Gasteiger charge is 2.25. The molecule has 1 aliphatic rings. The summed E-state index contributed by atoms with van der Waals surface area (Å²) in [5.41, 5.74) is 0.688. The third kappa shape index (κ3) is 1.59. The molecule has 1 aromatic carbocycles. The van der Waals surface area contributed by atoms with Crippen molar-refractivity contribution in [2.75, 3.05) is 6.61 Å². The normalized spacial score (nSPS) is 26.3. The molecule has 0 unspecified atom stereocenters. The summed E-state index contributed by atoms with van der Waals surface area (Å²) in [6.45, 7) is -0.243. The van der Waals surface area contributed by atoms with Crippen LogP contribution < -0.4 is 0 Å². The van der Waals surface area contributed by atoms with Crippen molar-refractivity contribution in [2.45, 2.75) is 6.02 Å². The molecule has 1 atom stereocenters. The zero-order valence-electron chi connectivity index (χ0n) is 8.30. The van der Waals surface area contributed by atoms with E-state index >= 15 is 0 Å². The first-order chi connectivity index (χ1) is 7.12. The molecule has 14 heavy (non-hydrogen) atoms. The quantitative estimate of drug-likeness (QED) is 0.757. The van der Waals surface area contributed by atoms with E-state index in [4.69, 9.17) is 11.2 Å². The minimum absolute atomic E-state index is 0.216. The SMILES string of the molecule is [2H][C@@]1(C(=O)O)COC(c2ccccc2)=N1. The molecule has 2 rings (SSSR count). The van der Waals surface area contributed by atoms with Crippen molar-refractivity contribution in [3.05, 3.63) is 35.9 Å². The second kappa shape index (κ2) is 3.49. The molecule has 0 bridgehead atoms. The number of rotatable bonds is 2. The van der Waals surface area contributed by atoms with Crippen molar-refractivity contribution >= 4 is 11.9 Å². The van der Waals surface area contributed by atoms with E-state index in [0.717, 1.165) is 0 Å². The molecular formula is C10H9NO3. The molecule has 4 nitrogen and oxygen atoms in total. The van der Waals surface area contributed by atoms with Gasteiger partial charge in [-0.15, -0.1) is 0 Å². The number of hydrogen-bond donors (Lipinski definition) is 1. The van der Waals surface area contributed by atoms with E-state index < -0.39 is 12.0 Å². The molecule has 1 aliphatic heterocycles. The van der Waals surface area contributed by atoms with Crippen LogP contribution in [0.25, 0.3) is 0 Å². The summed E-state index contributed by atoms with van der Waals surface area (Å²) in [5, 5.41) is 8.76. The summed E-state index contributed by atoms with van der Waals surface area (Å²) in [7, 11) is 0. The third-order valence-corrected chi connectivity index (χ3v) is 1.85. The van der Waals surface area contributed by atoms with Crippen LogP contribution in [0.4, 0.5) is 0 Å².